The van der Waals surface area contributed by atoms with Gasteiger partial charge in [-0.3, -0.25) is 4.18 Å². The van der Waals surface area contributed by atoms with Crippen LogP contribution in [0.5, 0.6) is 0 Å². The van der Waals surface area contributed by atoms with Gasteiger partial charge < -0.3 is 10.1 Å². The van der Waals surface area contributed by atoms with Crippen molar-refractivity contribution in [1.29, 1.82) is 0 Å². The molecule has 1 N–H and O–H groups in total. The summed E-state index contributed by atoms with van der Waals surface area (Å²) < 4.78 is 25.5. The predicted octanol–water partition coefficient (Wildman–Crippen LogP) is -0.860. The minimum absolute atomic E-state index is 0.215. The van der Waals surface area contributed by atoms with Crippen molar-refractivity contribution < 1.29 is 17.4 Å². The van der Waals surface area contributed by atoms with Gasteiger partial charge in [-0.05, 0) is 6.54 Å². The Labute approximate surface area is 72.2 Å². The molecular formula is C6H13NO4S. The fraction of sp³-hybridized carbons (Fsp3) is 0.833. The van der Waals surface area contributed by atoms with Gasteiger partial charge in [-0.2, -0.15) is 8.42 Å². The molecular weight excluding hydrogens is 182 g/mol. The van der Waals surface area contributed by atoms with Crippen LogP contribution in [0.1, 0.15) is 6.92 Å². The van der Waals surface area contributed by atoms with E-state index < -0.39 is 16.2 Å². The molecule has 0 bridgehead atoms. The van der Waals surface area contributed by atoms with Crippen LogP contribution in [0.2, 0.25) is 0 Å². The van der Waals surface area contributed by atoms with Crippen LogP contribution < -0.4 is 5.32 Å². The van der Waals surface area contributed by atoms with Gasteiger partial charge in [0.05, 0.1) is 6.26 Å². The predicted molar refractivity (Wildman–Crippen MR) is 44.3 cm³/mol. The van der Waals surface area contributed by atoms with E-state index in [-0.39, 0.29) is 6.54 Å². The molecule has 0 fully saturated rings. The average molecular weight is 195 g/mol. The fourth-order valence-electron chi connectivity index (χ4n) is 0.616. The Morgan fingerprint density at radius 3 is 2.50 bits per heavy atom. The summed E-state index contributed by atoms with van der Waals surface area (Å²) in [7, 11) is -3.54. The number of hydrogen-bond acceptors (Lipinski definition) is 5. The van der Waals surface area contributed by atoms with E-state index in [9.17, 15) is 13.2 Å². The van der Waals surface area contributed by atoms with Gasteiger partial charge in [0.25, 0.3) is 10.1 Å². The van der Waals surface area contributed by atoms with Crippen molar-refractivity contribution >= 4 is 16.4 Å². The second-order valence-electron chi connectivity index (χ2n) is 2.28. The normalized spacial score (nSPS) is 14.2. The van der Waals surface area contributed by atoms with Crippen molar-refractivity contribution in [3.8, 4) is 0 Å². The average Bonchev–Trinajstić information content (AvgIpc) is 1.95. The van der Waals surface area contributed by atoms with E-state index in [1.165, 1.54) is 0 Å². The molecule has 0 aromatic heterocycles. The van der Waals surface area contributed by atoms with Crippen LogP contribution in [-0.4, -0.2) is 40.2 Å². The summed E-state index contributed by atoms with van der Waals surface area (Å²) in [5.41, 5.74) is 0. The molecule has 0 heterocycles. The van der Waals surface area contributed by atoms with Crippen LogP contribution >= 0.6 is 0 Å². The van der Waals surface area contributed by atoms with Gasteiger partial charge in [-0.25, -0.2) is 0 Å². The summed E-state index contributed by atoms with van der Waals surface area (Å²) in [6.45, 7) is 2.73. The first-order valence-electron chi connectivity index (χ1n) is 3.54. The Kier molecular flexibility index (Phi) is 5.03. The van der Waals surface area contributed by atoms with Crippen LogP contribution in [0, 0.1) is 0 Å². The first-order chi connectivity index (χ1) is 5.49. The zero-order valence-corrected chi connectivity index (χ0v) is 7.93. The monoisotopic (exact) mass is 195 g/mol. The summed E-state index contributed by atoms with van der Waals surface area (Å²) in [5, 5.41) is 2.80. The molecule has 0 saturated heterocycles. The summed E-state index contributed by atoms with van der Waals surface area (Å²) in [6.07, 6.45) is 0.457. The van der Waals surface area contributed by atoms with Crippen LogP contribution in [-0.2, 0) is 19.1 Å². The van der Waals surface area contributed by atoms with Gasteiger partial charge in [0.1, 0.15) is 6.10 Å². The molecule has 0 aliphatic heterocycles. The van der Waals surface area contributed by atoms with Gasteiger partial charge in [0, 0.05) is 6.54 Å². The number of aldehydes is 1. The summed E-state index contributed by atoms with van der Waals surface area (Å²) >= 11 is 0. The number of rotatable bonds is 6. The zero-order chi connectivity index (χ0) is 9.61. The van der Waals surface area contributed by atoms with Crippen LogP contribution in [0.25, 0.3) is 0 Å². The molecule has 0 aromatic carbocycles. The van der Waals surface area contributed by atoms with E-state index in [0.29, 0.717) is 12.8 Å². The smallest absolute Gasteiger partial charge is 0.265 e. The van der Waals surface area contributed by atoms with Crippen molar-refractivity contribution in [3.05, 3.63) is 0 Å². The number of hydrogen-bond donors (Lipinski definition) is 1. The lowest BCUT2D eigenvalue weighted by atomic mass is 10.4. The third kappa shape index (κ3) is 6.26. The van der Waals surface area contributed by atoms with E-state index in [1.807, 2.05) is 6.92 Å². The van der Waals surface area contributed by atoms with Gasteiger partial charge in [0.2, 0.25) is 0 Å². The van der Waals surface area contributed by atoms with Gasteiger partial charge in [0.15, 0.2) is 6.29 Å². The molecule has 0 amide bonds. The van der Waals surface area contributed by atoms with E-state index in [2.05, 4.69) is 9.50 Å². The maximum atomic E-state index is 10.6. The highest BCUT2D eigenvalue weighted by atomic mass is 32.2. The van der Waals surface area contributed by atoms with Crippen molar-refractivity contribution in [2.45, 2.75) is 13.0 Å². The molecule has 0 spiro atoms. The van der Waals surface area contributed by atoms with Crippen molar-refractivity contribution in [1.82, 2.24) is 5.32 Å². The Morgan fingerprint density at radius 1 is 1.58 bits per heavy atom. The highest BCUT2D eigenvalue weighted by Gasteiger charge is 2.13. The quantitative estimate of drug-likeness (QED) is 0.441. The third-order valence-corrected chi connectivity index (χ3v) is 1.64. The maximum Gasteiger partial charge on any atom is 0.265 e. The fourth-order valence-corrected chi connectivity index (χ4v) is 1.18. The lowest BCUT2D eigenvalue weighted by molar-refractivity contribution is -0.113. The maximum absolute atomic E-state index is 10.6. The van der Waals surface area contributed by atoms with Crippen LogP contribution in [0.4, 0.5) is 0 Å². The molecule has 0 radical (unpaired) electrons. The summed E-state index contributed by atoms with van der Waals surface area (Å²) in [4.78, 5) is 10.3. The third-order valence-electron chi connectivity index (χ3n) is 1.05. The van der Waals surface area contributed by atoms with E-state index in [1.54, 1.807) is 0 Å². The minimum Gasteiger partial charge on any atom is -0.314 e. The molecule has 0 aliphatic rings. The molecule has 72 valence electrons. The van der Waals surface area contributed by atoms with Crippen LogP contribution in [0.3, 0.4) is 0 Å². The molecule has 0 aromatic rings. The highest BCUT2D eigenvalue weighted by molar-refractivity contribution is 7.86. The molecule has 0 aliphatic carbocycles. The first kappa shape index (κ1) is 11.5. The Bertz CT molecular complexity index is 224. The SMILES string of the molecule is CCNCC(C=O)OS(C)(=O)=O. The topological polar surface area (TPSA) is 72.5 Å². The molecule has 12 heavy (non-hydrogen) atoms. The zero-order valence-electron chi connectivity index (χ0n) is 7.11. The lowest BCUT2D eigenvalue weighted by Gasteiger charge is -2.09. The number of carbonyl (C=O) groups is 1. The molecule has 1 unspecified atom stereocenters. The Hall–Kier alpha value is -0.460. The number of carbonyl (C=O) groups excluding carboxylic acids is 1. The first-order valence-corrected chi connectivity index (χ1v) is 5.35. The van der Waals surface area contributed by atoms with Gasteiger partial charge in [-0.15, -0.1) is 0 Å². The van der Waals surface area contributed by atoms with Gasteiger partial charge in [-0.1, -0.05) is 6.92 Å². The minimum atomic E-state index is -3.54. The van der Waals surface area contributed by atoms with Crippen molar-refractivity contribution in [2.24, 2.45) is 0 Å². The lowest BCUT2D eigenvalue weighted by Crippen LogP contribution is -2.31. The molecule has 5 nitrogen and oxygen atoms in total. The standard InChI is InChI=1S/C6H13NO4S/c1-3-7-4-6(5-8)11-12(2,9)10/h5-7H,3-4H2,1-2H3. The second-order valence-corrected chi connectivity index (χ2v) is 3.88. The van der Waals surface area contributed by atoms with Crippen molar-refractivity contribution in [2.75, 3.05) is 19.3 Å². The number of nitrogens with one attached hydrogen (secondary N) is 1. The van der Waals surface area contributed by atoms with Gasteiger partial charge >= 0.3 is 0 Å². The molecule has 0 rings (SSSR count). The molecule has 0 saturated carbocycles. The molecule has 1 atom stereocenters. The summed E-state index contributed by atoms with van der Waals surface area (Å²) in [6, 6.07) is 0. The highest BCUT2D eigenvalue weighted by Crippen LogP contribution is 1.93. The van der Waals surface area contributed by atoms with Crippen LogP contribution in [0.15, 0.2) is 0 Å². The summed E-state index contributed by atoms with van der Waals surface area (Å²) in [5.74, 6) is 0. The second kappa shape index (κ2) is 5.23. The van der Waals surface area contributed by atoms with Crippen molar-refractivity contribution in [3.63, 3.8) is 0 Å². The number of likely N-dealkylation sites (N-methyl/N-ethyl adjacent to an activating group) is 1. The van der Waals surface area contributed by atoms with E-state index >= 15 is 0 Å². The Morgan fingerprint density at radius 2 is 2.17 bits per heavy atom. The molecule has 6 heteroatoms. The Balaban J connectivity index is 3.92. The largest absolute Gasteiger partial charge is 0.314 e. The van der Waals surface area contributed by atoms with E-state index in [0.717, 1.165) is 6.26 Å². The van der Waals surface area contributed by atoms with E-state index in [4.69, 9.17) is 0 Å².